The Morgan fingerprint density at radius 2 is 1.83 bits per heavy atom. The summed E-state index contributed by atoms with van der Waals surface area (Å²) in [5.41, 5.74) is 5.56. The van der Waals surface area contributed by atoms with E-state index in [2.05, 4.69) is 58.0 Å². The molecule has 122 valence electrons. The van der Waals surface area contributed by atoms with Crippen LogP contribution in [0.2, 0.25) is 0 Å². The van der Waals surface area contributed by atoms with Crippen molar-refractivity contribution >= 4 is 0 Å². The molecule has 1 aromatic carbocycles. The van der Waals surface area contributed by atoms with Crippen molar-refractivity contribution in [3.63, 3.8) is 0 Å². The van der Waals surface area contributed by atoms with Gasteiger partial charge in [-0.1, -0.05) is 31.2 Å². The maximum Gasteiger partial charge on any atom is 0.115 e. The highest BCUT2D eigenvalue weighted by Crippen LogP contribution is 2.16. The number of fused-ring (bicyclic) bond motifs is 2. The van der Waals surface area contributed by atoms with Crippen LogP contribution < -0.4 is 0 Å². The van der Waals surface area contributed by atoms with Gasteiger partial charge in [-0.15, -0.1) is 0 Å². The third-order valence-electron chi connectivity index (χ3n) is 4.71. The molecule has 2 aromatic rings. The number of rotatable bonds is 1. The highest BCUT2D eigenvalue weighted by Gasteiger charge is 2.15. The van der Waals surface area contributed by atoms with Crippen molar-refractivity contribution in [2.24, 2.45) is 0 Å². The number of hydrogen-bond donors (Lipinski definition) is 0. The van der Waals surface area contributed by atoms with Crippen molar-refractivity contribution in [1.29, 1.82) is 0 Å². The predicted molar refractivity (Wildman–Crippen MR) is 93.2 cm³/mol. The fourth-order valence-corrected chi connectivity index (χ4v) is 3.23. The molecule has 0 fully saturated rings. The largest absolute Gasteiger partial charge is 0.302 e. The van der Waals surface area contributed by atoms with E-state index in [1.807, 2.05) is 6.20 Å². The van der Waals surface area contributed by atoms with Crippen LogP contribution in [0.4, 0.5) is 0 Å². The lowest BCUT2D eigenvalue weighted by atomic mass is 10.0. The molecule has 4 heteroatoms. The number of hydrogen-bond acceptors (Lipinski definition) is 4. The van der Waals surface area contributed by atoms with Crippen molar-refractivity contribution in [3.8, 4) is 0 Å². The van der Waals surface area contributed by atoms with Gasteiger partial charge < -0.3 is 4.90 Å². The molecule has 0 saturated carbocycles. The van der Waals surface area contributed by atoms with Crippen LogP contribution in [-0.2, 0) is 25.9 Å². The van der Waals surface area contributed by atoms with Crippen LogP contribution in [0.3, 0.4) is 0 Å². The maximum atomic E-state index is 4.25. The second kappa shape index (κ2) is 7.66. The highest BCUT2D eigenvalue weighted by molar-refractivity contribution is 5.28. The molecular weight excluding hydrogens is 284 g/mol. The Hall–Kier alpha value is -1.78. The summed E-state index contributed by atoms with van der Waals surface area (Å²) in [5.74, 6) is 0. The van der Waals surface area contributed by atoms with Crippen molar-refractivity contribution in [1.82, 2.24) is 19.8 Å². The van der Waals surface area contributed by atoms with E-state index in [1.165, 1.54) is 35.3 Å². The first-order valence-electron chi connectivity index (χ1n) is 8.51. The summed E-state index contributed by atoms with van der Waals surface area (Å²) in [4.78, 5) is 13.1. The molecule has 0 atom stereocenters. The summed E-state index contributed by atoms with van der Waals surface area (Å²) in [7, 11) is 2.18. The van der Waals surface area contributed by atoms with Crippen molar-refractivity contribution in [3.05, 3.63) is 59.2 Å². The quantitative estimate of drug-likeness (QED) is 0.810. The van der Waals surface area contributed by atoms with E-state index in [9.17, 15) is 0 Å². The molecular formula is C19H26N4. The summed E-state index contributed by atoms with van der Waals surface area (Å²) in [6.07, 6.45) is 5.86. The molecule has 0 spiro atoms. The first kappa shape index (κ1) is 16.1. The van der Waals surface area contributed by atoms with Gasteiger partial charge in [0.1, 0.15) is 6.33 Å². The Bertz CT molecular complexity index is 641. The third kappa shape index (κ3) is 4.15. The summed E-state index contributed by atoms with van der Waals surface area (Å²) in [5, 5.41) is 0. The Balaban J connectivity index is 0.000000136. The molecule has 0 N–H and O–H groups in total. The van der Waals surface area contributed by atoms with Gasteiger partial charge in [0.25, 0.3) is 0 Å². The van der Waals surface area contributed by atoms with Gasteiger partial charge >= 0.3 is 0 Å². The molecule has 2 aliphatic heterocycles. The lowest BCUT2D eigenvalue weighted by molar-refractivity contribution is 0.265. The normalized spacial score (nSPS) is 17.7. The standard InChI is InChI=1S/C10H13N.C9H13N3/c1-11-7-6-9-4-2-3-5-10(9)8-11;1-2-12-4-3-9-8(6-12)5-10-7-11-9/h2-5H,6-8H2,1H3;5,7H,2-4,6H2,1H3. The average Bonchev–Trinajstić information content (AvgIpc) is 2.61. The molecule has 0 saturated heterocycles. The molecule has 0 bridgehead atoms. The molecule has 0 aliphatic carbocycles. The Morgan fingerprint density at radius 3 is 2.65 bits per heavy atom. The molecule has 4 rings (SSSR count). The van der Waals surface area contributed by atoms with Gasteiger partial charge in [-0.05, 0) is 31.1 Å². The molecule has 2 aliphatic rings. The van der Waals surface area contributed by atoms with E-state index in [0.717, 1.165) is 32.6 Å². The Labute approximate surface area is 139 Å². The van der Waals surface area contributed by atoms with E-state index in [0.29, 0.717) is 0 Å². The Kier molecular flexibility index (Phi) is 5.36. The topological polar surface area (TPSA) is 32.3 Å². The van der Waals surface area contributed by atoms with E-state index >= 15 is 0 Å². The minimum Gasteiger partial charge on any atom is -0.302 e. The fourth-order valence-electron chi connectivity index (χ4n) is 3.23. The first-order valence-corrected chi connectivity index (χ1v) is 8.51. The number of likely N-dealkylation sites (N-methyl/N-ethyl adjacent to an activating group) is 2. The summed E-state index contributed by atoms with van der Waals surface area (Å²) in [6.45, 7) is 7.80. The van der Waals surface area contributed by atoms with Crippen LogP contribution >= 0.6 is 0 Å². The van der Waals surface area contributed by atoms with Crippen LogP contribution in [0.15, 0.2) is 36.8 Å². The Morgan fingerprint density at radius 1 is 1.00 bits per heavy atom. The van der Waals surface area contributed by atoms with Crippen LogP contribution in [0.25, 0.3) is 0 Å². The number of aromatic nitrogens is 2. The van der Waals surface area contributed by atoms with Gasteiger partial charge in [0.15, 0.2) is 0 Å². The zero-order valence-corrected chi connectivity index (χ0v) is 14.2. The second-order valence-electron chi connectivity index (χ2n) is 6.37. The lowest BCUT2D eigenvalue weighted by Gasteiger charge is -2.25. The lowest BCUT2D eigenvalue weighted by Crippen LogP contribution is -2.30. The van der Waals surface area contributed by atoms with Crippen LogP contribution in [0, 0.1) is 0 Å². The number of benzene rings is 1. The SMILES string of the molecule is CCN1CCc2ncncc2C1.CN1CCc2ccccc2C1. The van der Waals surface area contributed by atoms with Gasteiger partial charge in [0.05, 0.1) is 0 Å². The smallest absolute Gasteiger partial charge is 0.115 e. The zero-order chi connectivity index (χ0) is 16.1. The summed E-state index contributed by atoms with van der Waals surface area (Å²) >= 11 is 0. The number of nitrogens with zero attached hydrogens (tertiary/aromatic N) is 4. The minimum atomic E-state index is 1.02. The van der Waals surface area contributed by atoms with Crippen LogP contribution in [-0.4, -0.2) is 46.4 Å². The van der Waals surface area contributed by atoms with E-state index in [1.54, 1.807) is 6.33 Å². The van der Waals surface area contributed by atoms with Crippen LogP contribution in [0.5, 0.6) is 0 Å². The molecule has 0 radical (unpaired) electrons. The van der Waals surface area contributed by atoms with Gasteiger partial charge in [-0.2, -0.15) is 0 Å². The van der Waals surface area contributed by atoms with Crippen molar-refractivity contribution in [2.75, 3.05) is 26.7 Å². The zero-order valence-electron chi connectivity index (χ0n) is 14.2. The molecule has 1 aromatic heterocycles. The van der Waals surface area contributed by atoms with Gasteiger partial charge in [0.2, 0.25) is 0 Å². The van der Waals surface area contributed by atoms with E-state index in [4.69, 9.17) is 0 Å². The molecule has 4 nitrogen and oxygen atoms in total. The summed E-state index contributed by atoms with van der Waals surface area (Å²) < 4.78 is 0. The van der Waals surface area contributed by atoms with Gasteiger partial charge in [-0.25, -0.2) is 9.97 Å². The summed E-state index contributed by atoms with van der Waals surface area (Å²) in [6, 6.07) is 8.72. The van der Waals surface area contributed by atoms with Crippen molar-refractivity contribution < 1.29 is 0 Å². The molecule has 3 heterocycles. The fraction of sp³-hybridized carbons (Fsp3) is 0.474. The highest BCUT2D eigenvalue weighted by atomic mass is 15.1. The molecule has 23 heavy (non-hydrogen) atoms. The van der Waals surface area contributed by atoms with Gasteiger partial charge in [0, 0.05) is 50.1 Å². The molecule has 0 amide bonds. The molecule has 0 unspecified atom stereocenters. The minimum absolute atomic E-state index is 1.02. The first-order chi connectivity index (χ1) is 11.3. The second-order valence-corrected chi connectivity index (χ2v) is 6.37. The van der Waals surface area contributed by atoms with Crippen LogP contribution in [0.1, 0.15) is 29.3 Å². The van der Waals surface area contributed by atoms with Crippen molar-refractivity contribution in [2.45, 2.75) is 32.9 Å². The van der Waals surface area contributed by atoms with E-state index < -0.39 is 0 Å². The monoisotopic (exact) mass is 310 g/mol. The van der Waals surface area contributed by atoms with Gasteiger partial charge in [-0.3, -0.25) is 4.90 Å². The predicted octanol–water partition coefficient (Wildman–Crippen LogP) is 2.53. The maximum absolute atomic E-state index is 4.25. The van der Waals surface area contributed by atoms with E-state index in [-0.39, 0.29) is 0 Å². The third-order valence-corrected chi connectivity index (χ3v) is 4.71. The average molecular weight is 310 g/mol.